The molecule has 0 aromatic heterocycles. The number of nitrogens with one attached hydrogen (secondary N) is 1. The average Bonchev–Trinajstić information content (AvgIpc) is 2.23. The molecule has 0 spiro atoms. The van der Waals surface area contributed by atoms with Gasteiger partial charge in [-0.2, -0.15) is 0 Å². The molecule has 16 heavy (non-hydrogen) atoms. The van der Waals surface area contributed by atoms with Crippen molar-refractivity contribution in [1.29, 1.82) is 0 Å². The molecule has 0 saturated carbocycles. The molecule has 0 fully saturated rings. The Labute approximate surface area is 103 Å². The van der Waals surface area contributed by atoms with E-state index in [0.717, 1.165) is 25.1 Å². The molecular formula is C12H20ClNO2. The van der Waals surface area contributed by atoms with Crippen molar-refractivity contribution < 1.29 is 10.2 Å². The molecule has 1 aromatic rings. The lowest BCUT2D eigenvalue weighted by molar-refractivity contribution is 0.403. The Bertz CT molecular complexity index is 305. The van der Waals surface area contributed by atoms with E-state index in [9.17, 15) is 5.11 Å². The first kappa shape index (κ1) is 15.1. The van der Waals surface area contributed by atoms with Crippen LogP contribution in [-0.4, -0.2) is 23.3 Å². The number of aromatic hydroxyl groups is 2. The van der Waals surface area contributed by atoms with E-state index >= 15 is 0 Å². The minimum atomic E-state index is -0.0577. The normalized spacial score (nSPS) is 9.81. The van der Waals surface area contributed by atoms with Gasteiger partial charge in [-0.1, -0.05) is 19.4 Å². The Morgan fingerprint density at radius 3 is 2.50 bits per heavy atom. The van der Waals surface area contributed by atoms with Crippen LogP contribution in [0.4, 0.5) is 0 Å². The molecule has 0 heterocycles. The number of benzene rings is 1. The lowest BCUT2D eigenvalue weighted by Crippen LogP contribution is -2.18. The van der Waals surface area contributed by atoms with Gasteiger partial charge in [0.2, 0.25) is 0 Å². The maximum atomic E-state index is 9.27. The monoisotopic (exact) mass is 245 g/mol. The molecule has 0 aliphatic heterocycles. The van der Waals surface area contributed by atoms with Crippen LogP contribution in [0, 0.1) is 0 Å². The molecule has 0 aliphatic carbocycles. The molecule has 0 radical (unpaired) electrons. The highest BCUT2D eigenvalue weighted by Crippen LogP contribution is 2.24. The highest BCUT2D eigenvalue weighted by Gasteiger charge is 1.99. The van der Waals surface area contributed by atoms with Crippen molar-refractivity contribution in [3.63, 3.8) is 0 Å². The van der Waals surface area contributed by atoms with Gasteiger partial charge in [0.15, 0.2) is 11.5 Å². The lowest BCUT2D eigenvalue weighted by Gasteiger charge is -2.05. The SMILES string of the molecule is CCCCNCCc1ccc(O)c(O)c1.Cl. The highest BCUT2D eigenvalue weighted by molar-refractivity contribution is 5.85. The topological polar surface area (TPSA) is 52.5 Å². The van der Waals surface area contributed by atoms with Crippen LogP contribution in [0.15, 0.2) is 18.2 Å². The minimum Gasteiger partial charge on any atom is -0.504 e. The zero-order chi connectivity index (χ0) is 11.1. The quantitative estimate of drug-likeness (QED) is 0.533. The maximum absolute atomic E-state index is 9.27. The van der Waals surface area contributed by atoms with Gasteiger partial charge in [0.25, 0.3) is 0 Å². The zero-order valence-corrected chi connectivity index (χ0v) is 10.4. The Morgan fingerprint density at radius 1 is 1.12 bits per heavy atom. The Hall–Kier alpha value is -0.930. The molecule has 1 rings (SSSR count). The van der Waals surface area contributed by atoms with Gasteiger partial charge in [0.05, 0.1) is 0 Å². The third kappa shape index (κ3) is 5.24. The zero-order valence-electron chi connectivity index (χ0n) is 9.57. The van der Waals surface area contributed by atoms with Crippen molar-refractivity contribution in [3.8, 4) is 11.5 Å². The van der Waals surface area contributed by atoms with Crippen molar-refractivity contribution in [2.24, 2.45) is 0 Å². The molecule has 0 bridgehead atoms. The predicted molar refractivity (Wildman–Crippen MR) is 68.5 cm³/mol. The summed E-state index contributed by atoms with van der Waals surface area (Å²) in [5.41, 5.74) is 1.04. The van der Waals surface area contributed by atoms with Crippen molar-refractivity contribution in [1.82, 2.24) is 5.32 Å². The second-order valence-corrected chi connectivity index (χ2v) is 3.68. The summed E-state index contributed by atoms with van der Waals surface area (Å²) < 4.78 is 0. The Balaban J connectivity index is 0.00000225. The predicted octanol–water partition coefficient (Wildman–Crippen LogP) is 2.45. The summed E-state index contributed by atoms with van der Waals surface area (Å²) >= 11 is 0. The van der Waals surface area contributed by atoms with E-state index < -0.39 is 0 Å². The van der Waals surface area contributed by atoms with E-state index in [1.54, 1.807) is 6.07 Å². The van der Waals surface area contributed by atoms with Crippen LogP contribution >= 0.6 is 12.4 Å². The molecule has 4 heteroatoms. The van der Waals surface area contributed by atoms with Gasteiger partial charge < -0.3 is 15.5 Å². The Morgan fingerprint density at radius 2 is 1.88 bits per heavy atom. The number of phenolic OH excluding ortho intramolecular Hbond substituents is 2. The Kier molecular flexibility index (Phi) is 7.77. The smallest absolute Gasteiger partial charge is 0.157 e. The van der Waals surface area contributed by atoms with Crippen LogP contribution in [0.2, 0.25) is 0 Å². The largest absolute Gasteiger partial charge is 0.504 e. The van der Waals surface area contributed by atoms with Crippen LogP contribution in [0.1, 0.15) is 25.3 Å². The fraction of sp³-hybridized carbons (Fsp3) is 0.500. The highest BCUT2D eigenvalue weighted by atomic mass is 35.5. The number of halogens is 1. The van der Waals surface area contributed by atoms with Crippen molar-refractivity contribution in [2.45, 2.75) is 26.2 Å². The first-order chi connectivity index (χ1) is 7.24. The molecule has 92 valence electrons. The maximum Gasteiger partial charge on any atom is 0.157 e. The minimum absolute atomic E-state index is 0. The van der Waals surface area contributed by atoms with E-state index in [2.05, 4.69) is 12.2 Å². The van der Waals surface area contributed by atoms with Crippen molar-refractivity contribution in [2.75, 3.05) is 13.1 Å². The van der Waals surface area contributed by atoms with Gasteiger partial charge >= 0.3 is 0 Å². The van der Waals surface area contributed by atoms with Crippen molar-refractivity contribution >= 4 is 12.4 Å². The van der Waals surface area contributed by atoms with Crippen LogP contribution in [0.25, 0.3) is 0 Å². The third-order valence-corrected chi connectivity index (χ3v) is 2.34. The first-order valence-electron chi connectivity index (χ1n) is 5.45. The summed E-state index contributed by atoms with van der Waals surface area (Å²) in [5.74, 6) is -0.0984. The standard InChI is InChI=1S/C12H19NO2.ClH/c1-2-3-7-13-8-6-10-4-5-11(14)12(15)9-10;/h4-5,9,13-15H,2-3,6-8H2,1H3;1H. The number of hydrogen-bond acceptors (Lipinski definition) is 3. The van der Waals surface area contributed by atoms with Crippen LogP contribution in [0.3, 0.4) is 0 Å². The van der Waals surface area contributed by atoms with E-state index in [1.165, 1.54) is 18.9 Å². The van der Waals surface area contributed by atoms with Crippen LogP contribution in [0.5, 0.6) is 11.5 Å². The van der Waals surface area contributed by atoms with Crippen molar-refractivity contribution in [3.05, 3.63) is 23.8 Å². The molecule has 0 atom stereocenters. The molecule has 0 saturated heterocycles. The summed E-state index contributed by atoms with van der Waals surface area (Å²) in [5, 5.41) is 21.7. The van der Waals surface area contributed by atoms with Crippen LogP contribution in [-0.2, 0) is 6.42 Å². The fourth-order valence-corrected chi connectivity index (χ4v) is 1.38. The van der Waals surface area contributed by atoms with Gasteiger partial charge in [-0.25, -0.2) is 0 Å². The number of rotatable bonds is 6. The van der Waals surface area contributed by atoms with Gasteiger partial charge in [0.1, 0.15) is 0 Å². The summed E-state index contributed by atoms with van der Waals surface area (Å²) in [6.45, 7) is 4.12. The second kappa shape index (κ2) is 8.25. The average molecular weight is 246 g/mol. The summed E-state index contributed by atoms with van der Waals surface area (Å²) in [6, 6.07) is 4.96. The first-order valence-corrected chi connectivity index (χ1v) is 5.45. The summed E-state index contributed by atoms with van der Waals surface area (Å²) in [4.78, 5) is 0. The molecule has 0 aliphatic rings. The lowest BCUT2D eigenvalue weighted by atomic mass is 10.1. The molecule has 0 unspecified atom stereocenters. The van der Waals surface area contributed by atoms with Crippen LogP contribution < -0.4 is 5.32 Å². The summed E-state index contributed by atoms with van der Waals surface area (Å²) in [7, 11) is 0. The number of phenols is 2. The van der Waals surface area contributed by atoms with Gasteiger partial charge in [-0.05, 0) is 43.6 Å². The molecule has 3 N–H and O–H groups in total. The molecule has 0 amide bonds. The second-order valence-electron chi connectivity index (χ2n) is 3.68. The molecule has 1 aromatic carbocycles. The molecular weight excluding hydrogens is 226 g/mol. The van der Waals surface area contributed by atoms with Gasteiger partial charge in [-0.15, -0.1) is 12.4 Å². The van der Waals surface area contributed by atoms with E-state index in [0.29, 0.717) is 0 Å². The van der Waals surface area contributed by atoms with Gasteiger partial charge in [0, 0.05) is 0 Å². The number of hydrogen-bond donors (Lipinski definition) is 3. The molecule has 3 nitrogen and oxygen atoms in total. The summed E-state index contributed by atoms with van der Waals surface area (Å²) in [6.07, 6.45) is 3.27. The number of unbranched alkanes of at least 4 members (excludes halogenated alkanes) is 1. The van der Waals surface area contributed by atoms with E-state index in [-0.39, 0.29) is 23.9 Å². The van der Waals surface area contributed by atoms with Gasteiger partial charge in [-0.3, -0.25) is 0 Å². The van der Waals surface area contributed by atoms with E-state index in [4.69, 9.17) is 5.11 Å². The van der Waals surface area contributed by atoms with E-state index in [1.807, 2.05) is 6.07 Å². The third-order valence-electron chi connectivity index (χ3n) is 2.34. The fourth-order valence-electron chi connectivity index (χ4n) is 1.38.